The van der Waals surface area contributed by atoms with Crippen LogP contribution in [0.4, 0.5) is 0 Å². The maximum atomic E-state index is 5.89. The van der Waals surface area contributed by atoms with Gasteiger partial charge in [0.25, 0.3) is 0 Å². The minimum Gasteiger partial charge on any atom is -0.391 e. The highest BCUT2D eigenvalue weighted by Crippen LogP contribution is 2.11. The molecule has 0 aliphatic heterocycles. The molecule has 0 saturated carbocycles. The second-order valence-electron chi connectivity index (χ2n) is 4.68. The van der Waals surface area contributed by atoms with E-state index < -0.39 is 8.56 Å². The van der Waals surface area contributed by atoms with Crippen molar-refractivity contribution < 1.29 is 8.85 Å². The average Bonchev–Trinajstić information content (AvgIpc) is 2.35. The van der Waals surface area contributed by atoms with Crippen molar-refractivity contribution in [2.24, 2.45) is 0 Å². The molecule has 0 amide bonds. The minimum atomic E-state index is -2.06. The third-order valence-corrected chi connectivity index (χ3v) is 5.15. The molecule has 102 valence electrons. The largest absolute Gasteiger partial charge is 0.391 e. The summed E-state index contributed by atoms with van der Waals surface area (Å²) >= 11 is 0. The zero-order chi connectivity index (χ0) is 13.0. The van der Waals surface area contributed by atoms with Gasteiger partial charge in [-0.05, 0) is 25.1 Å². The maximum absolute atomic E-state index is 5.89. The van der Waals surface area contributed by atoms with Crippen LogP contribution in [0.5, 0.6) is 0 Å². The highest BCUT2D eigenvalue weighted by atomic mass is 28.4. The molecule has 0 rings (SSSR count). The van der Waals surface area contributed by atoms with Crippen LogP contribution in [0.15, 0.2) is 12.3 Å². The summed E-state index contributed by atoms with van der Waals surface area (Å²) in [6, 6.07) is 0. The van der Waals surface area contributed by atoms with Gasteiger partial charge in [0.05, 0.1) is 0 Å². The molecular weight excluding hydrogens is 228 g/mol. The van der Waals surface area contributed by atoms with E-state index in [4.69, 9.17) is 8.85 Å². The monoisotopic (exact) mass is 258 g/mol. The summed E-state index contributed by atoms with van der Waals surface area (Å²) in [5.41, 5.74) is 1.89. The van der Waals surface area contributed by atoms with Gasteiger partial charge in [-0.2, -0.15) is 0 Å². The summed E-state index contributed by atoms with van der Waals surface area (Å²) in [6.07, 6.45) is 8.82. The topological polar surface area (TPSA) is 18.5 Å². The van der Waals surface area contributed by atoms with Crippen LogP contribution in [-0.4, -0.2) is 21.8 Å². The molecule has 0 aromatic carbocycles. The first-order valence-corrected chi connectivity index (χ1v) is 9.49. The minimum absolute atomic E-state index is 0.783. The van der Waals surface area contributed by atoms with Crippen molar-refractivity contribution in [1.29, 1.82) is 0 Å². The Bertz CT molecular complexity index is 185. The van der Waals surface area contributed by atoms with Crippen LogP contribution >= 0.6 is 0 Å². The molecule has 0 N–H and O–H groups in total. The fourth-order valence-corrected chi connectivity index (χ4v) is 3.10. The third-order valence-electron chi connectivity index (χ3n) is 2.85. The summed E-state index contributed by atoms with van der Waals surface area (Å²) < 4.78 is 11.7. The van der Waals surface area contributed by atoms with Gasteiger partial charge in [0.2, 0.25) is 0 Å². The number of hydrogen-bond donors (Lipinski definition) is 0. The molecule has 0 aliphatic rings. The molecule has 3 heteroatoms. The van der Waals surface area contributed by atoms with Gasteiger partial charge in [0, 0.05) is 13.2 Å². The molecule has 1 unspecified atom stereocenters. The quantitative estimate of drug-likeness (QED) is 0.376. The normalized spacial score (nSPS) is 14.5. The second kappa shape index (κ2) is 11.0. The Kier molecular flexibility index (Phi) is 10.9. The Morgan fingerprint density at radius 1 is 0.882 bits per heavy atom. The molecule has 0 bridgehead atoms. The summed E-state index contributed by atoms with van der Waals surface area (Å²) in [7, 11) is -2.06. The molecule has 0 aromatic rings. The van der Waals surface area contributed by atoms with Crippen molar-refractivity contribution in [3.63, 3.8) is 0 Å². The van der Waals surface area contributed by atoms with Gasteiger partial charge >= 0.3 is 8.56 Å². The van der Waals surface area contributed by atoms with Gasteiger partial charge in [-0.3, -0.25) is 0 Å². The summed E-state index contributed by atoms with van der Waals surface area (Å²) in [4.78, 5) is 0. The Morgan fingerprint density at radius 3 is 2.06 bits per heavy atom. The lowest BCUT2D eigenvalue weighted by Gasteiger charge is -2.23. The SMILES string of the molecule is C=C[Si](C)(OCCC)OCCCCCCCC. The van der Waals surface area contributed by atoms with Crippen molar-refractivity contribution >= 4 is 8.56 Å². The third kappa shape index (κ3) is 9.57. The van der Waals surface area contributed by atoms with E-state index in [9.17, 15) is 0 Å². The average molecular weight is 258 g/mol. The van der Waals surface area contributed by atoms with Crippen molar-refractivity contribution in [1.82, 2.24) is 0 Å². The van der Waals surface area contributed by atoms with Gasteiger partial charge in [-0.15, -0.1) is 6.58 Å². The van der Waals surface area contributed by atoms with Crippen LogP contribution < -0.4 is 0 Å². The number of rotatable bonds is 12. The van der Waals surface area contributed by atoms with Crippen LogP contribution in [0, 0.1) is 0 Å². The molecule has 0 radical (unpaired) electrons. The zero-order valence-electron chi connectivity index (χ0n) is 12.0. The van der Waals surface area contributed by atoms with E-state index in [1.54, 1.807) is 0 Å². The first kappa shape index (κ1) is 16.9. The Labute approximate surface area is 109 Å². The predicted molar refractivity (Wildman–Crippen MR) is 77.4 cm³/mol. The molecule has 17 heavy (non-hydrogen) atoms. The lowest BCUT2D eigenvalue weighted by atomic mass is 10.1. The van der Waals surface area contributed by atoms with Crippen LogP contribution in [0.25, 0.3) is 0 Å². The Morgan fingerprint density at radius 2 is 1.47 bits per heavy atom. The van der Waals surface area contributed by atoms with E-state index in [0.29, 0.717) is 0 Å². The summed E-state index contributed by atoms with van der Waals surface area (Å²) in [5, 5.41) is 0. The van der Waals surface area contributed by atoms with Gasteiger partial charge in [-0.1, -0.05) is 46.0 Å². The molecule has 2 nitrogen and oxygen atoms in total. The van der Waals surface area contributed by atoms with Gasteiger partial charge in [0.15, 0.2) is 0 Å². The molecule has 1 atom stereocenters. The Hall–Kier alpha value is -0.123. The fraction of sp³-hybridized carbons (Fsp3) is 0.857. The van der Waals surface area contributed by atoms with Crippen LogP contribution in [-0.2, 0) is 8.85 Å². The van der Waals surface area contributed by atoms with Crippen molar-refractivity contribution in [2.75, 3.05) is 13.2 Å². The molecule has 0 spiro atoms. The highest BCUT2D eigenvalue weighted by Gasteiger charge is 2.26. The first-order chi connectivity index (χ1) is 8.18. The summed E-state index contributed by atoms with van der Waals surface area (Å²) in [5.74, 6) is 0. The zero-order valence-corrected chi connectivity index (χ0v) is 13.0. The van der Waals surface area contributed by atoms with Crippen molar-refractivity contribution in [3.05, 3.63) is 12.3 Å². The molecule has 0 saturated heterocycles. The molecule has 0 aliphatic carbocycles. The van der Waals surface area contributed by atoms with Gasteiger partial charge in [0.1, 0.15) is 0 Å². The number of unbranched alkanes of at least 4 members (excludes halogenated alkanes) is 5. The van der Waals surface area contributed by atoms with Crippen LogP contribution in [0.3, 0.4) is 0 Å². The van der Waals surface area contributed by atoms with E-state index in [0.717, 1.165) is 26.1 Å². The van der Waals surface area contributed by atoms with E-state index >= 15 is 0 Å². The smallest absolute Gasteiger partial charge is 0.361 e. The van der Waals surface area contributed by atoms with Crippen molar-refractivity contribution in [3.8, 4) is 0 Å². The molecule has 0 fully saturated rings. The van der Waals surface area contributed by atoms with E-state index in [2.05, 4.69) is 27.0 Å². The summed E-state index contributed by atoms with van der Waals surface area (Å²) in [6.45, 7) is 11.9. The van der Waals surface area contributed by atoms with Gasteiger partial charge < -0.3 is 8.85 Å². The first-order valence-electron chi connectivity index (χ1n) is 7.10. The fourth-order valence-electron chi connectivity index (χ4n) is 1.62. The second-order valence-corrected chi connectivity index (χ2v) is 7.70. The van der Waals surface area contributed by atoms with Crippen LogP contribution in [0.2, 0.25) is 6.55 Å². The molecule has 0 aromatic heterocycles. The maximum Gasteiger partial charge on any atom is 0.361 e. The van der Waals surface area contributed by atoms with Crippen LogP contribution in [0.1, 0.15) is 58.8 Å². The molecular formula is C14H30O2Si. The molecule has 0 heterocycles. The van der Waals surface area contributed by atoms with E-state index in [1.807, 2.05) is 5.70 Å². The van der Waals surface area contributed by atoms with Crippen molar-refractivity contribution in [2.45, 2.75) is 65.3 Å². The number of hydrogen-bond acceptors (Lipinski definition) is 2. The van der Waals surface area contributed by atoms with E-state index in [1.165, 1.54) is 32.1 Å². The predicted octanol–water partition coefficient (Wildman–Crippen LogP) is 4.59. The van der Waals surface area contributed by atoms with Gasteiger partial charge in [-0.25, -0.2) is 0 Å². The lowest BCUT2D eigenvalue weighted by Crippen LogP contribution is -2.37. The van der Waals surface area contributed by atoms with E-state index in [-0.39, 0.29) is 0 Å². The highest BCUT2D eigenvalue weighted by molar-refractivity contribution is 6.71. The standard InChI is InChI=1S/C14H30O2Si/c1-5-8-9-10-11-12-14-16-17(4,7-3)15-13-6-2/h7H,3,5-6,8-14H2,1-2,4H3. The lowest BCUT2D eigenvalue weighted by molar-refractivity contribution is 0.181. The Balaban J connectivity index is 3.52.